The van der Waals surface area contributed by atoms with E-state index >= 15 is 0 Å². The number of fused-ring (bicyclic) bond motifs is 1. The summed E-state index contributed by atoms with van der Waals surface area (Å²) in [4.78, 5) is 14.4. The third-order valence-electron chi connectivity index (χ3n) is 4.78. The first kappa shape index (κ1) is 19.0. The van der Waals surface area contributed by atoms with Gasteiger partial charge in [0.2, 0.25) is 0 Å². The highest BCUT2D eigenvalue weighted by atomic mass is 16.5. The van der Waals surface area contributed by atoms with E-state index in [1.54, 1.807) is 13.4 Å². The molecule has 6 heteroatoms. The van der Waals surface area contributed by atoms with E-state index in [4.69, 9.17) is 4.74 Å². The summed E-state index contributed by atoms with van der Waals surface area (Å²) in [5.74, 6) is 1.66. The number of benzene rings is 2. The fourth-order valence-electron chi connectivity index (χ4n) is 3.36. The first-order chi connectivity index (χ1) is 14.1. The van der Waals surface area contributed by atoms with E-state index in [0.29, 0.717) is 6.54 Å². The Hall–Kier alpha value is -3.38. The van der Waals surface area contributed by atoms with Gasteiger partial charge in [-0.05, 0) is 49.0 Å². The Kier molecular flexibility index (Phi) is 5.44. The van der Waals surface area contributed by atoms with Crippen molar-refractivity contribution in [2.45, 2.75) is 13.1 Å². The summed E-state index contributed by atoms with van der Waals surface area (Å²) in [6.45, 7) is 1.58. The smallest absolute Gasteiger partial charge is 0.143 e. The normalized spacial score (nSPS) is 11.2. The minimum Gasteiger partial charge on any atom is -0.497 e. The molecule has 0 saturated heterocycles. The summed E-state index contributed by atoms with van der Waals surface area (Å²) in [5.41, 5.74) is 5.39. The van der Waals surface area contributed by atoms with E-state index < -0.39 is 0 Å². The zero-order valence-electron chi connectivity index (χ0n) is 16.9. The van der Waals surface area contributed by atoms with Crippen molar-refractivity contribution in [3.8, 4) is 17.0 Å². The van der Waals surface area contributed by atoms with Crippen molar-refractivity contribution >= 4 is 16.9 Å². The number of aromatic nitrogens is 3. The third-order valence-corrected chi connectivity index (χ3v) is 4.78. The molecule has 0 aliphatic carbocycles. The van der Waals surface area contributed by atoms with Crippen LogP contribution in [0.25, 0.3) is 22.3 Å². The Balaban J connectivity index is 1.56. The van der Waals surface area contributed by atoms with Crippen molar-refractivity contribution in [3.05, 3.63) is 72.1 Å². The van der Waals surface area contributed by atoms with Gasteiger partial charge >= 0.3 is 0 Å². The van der Waals surface area contributed by atoms with Crippen LogP contribution < -0.4 is 10.1 Å². The lowest BCUT2D eigenvalue weighted by Crippen LogP contribution is -2.10. The lowest BCUT2D eigenvalue weighted by atomic mass is 10.1. The number of methoxy groups -OCH3 is 1. The lowest BCUT2D eigenvalue weighted by molar-refractivity contribution is 0.402. The van der Waals surface area contributed by atoms with Crippen molar-refractivity contribution in [3.63, 3.8) is 0 Å². The molecule has 2 heterocycles. The number of hydrogen-bond donors (Lipinski definition) is 2. The van der Waals surface area contributed by atoms with Crippen molar-refractivity contribution in [1.82, 2.24) is 19.9 Å². The highest BCUT2D eigenvalue weighted by molar-refractivity contribution is 5.91. The van der Waals surface area contributed by atoms with Crippen LogP contribution in [0.2, 0.25) is 0 Å². The van der Waals surface area contributed by atoms with Crippen molar-refractivity contribution in [1.29, 1.82) is 0 Å². The Morgan fingerprint density at radius 2 is 1.83 bits per heavy atom. The molecule has 4 aromatic rings. The van der Waals surface area contributed by atoms with Gasteiger partial charge in [-0.25, -0.2) is 9.97 Å². The molecule has 0 atom stereocenters. The summed E-state index contributed by atoms with van der Waals surface area (Å²) in [6, 6.07) is 18.7. The molecule has 2 N–H and O–H groups in total. The second-order valence-electron chi connectivity index (χ2n) is 7.31. The molecule has 0 aliphatic rings. The fraction of sp³-hybridized carbons (Fsp3) is 0.217. The molecular formula is C23H25N5O. The van der Waals surface area contributed by atoms with Crippen LogP contribution in [-0.2, 0) is 13.1 Å². The Labute approximate surface area is 170 Å². The molecule has 4 rings (SSSR count). The zero-order valence-corrected chi connectivity index (χ0v) is 16.9. The molecule has 0 unspecified atom stereocenters. The van der Waals surface area contributed by atoms with Crippen molar-refractivity contribution in [2.75, 3.05) is 26.5 Å². The van der Waals surface area contributed by atoms with Crippen LogP contribution in [0.1, 0.15) is 11.1 Å². The molecule has 0 aliphatic heterocycles. The number of nitrogens with zero attached hydrogens (tertiary/aromatic N) is 3. The molecule has 0 fully saturated rings. The minimum absolute atomic E-state index is 0.656. The number of aromatic amines is 1. The standard InChI is InChI=1S/C23H25N5O/c1-28(2)14-16-7-9-18(10-8-16)21-12-20-22(25-15-26-23(20)27-21)24-13-17-5-4-6-19(11-17)29-3/h4-12,15H,13-14H2,1-3H3,(H2,24,25,26,27). The monoisotopic (exact) mass is 387 g/mol. The van der Waals surface area contributed by atoms with Gasteiger partial charge in [-0.2, -0.15) is 0 Å². The average molecular weight is 387 g/mol. The molecule has 148 valence electrons. The quantitative estimate of drug-likeness (QED) is 0.495. The molecule has 0 bridgehead atoms. The molecule has 29 heavy (non-hydrogen) atoms. The van der Waals surface area contributed by atoms with E-state index in [-0.39, 0.29) is 0 Å². The van der Waals surface area contributed by atoms with Crippen LogP contribution in [-0.4, -0.2) is 41.1 Å². The van der Waals surface area contributed by atoms with Gasteiger partial charge in [-0.1, -0.05) is 36.4 Å². The molecular weight excluding hydrogens is 362 g/mol. The summed E-state index contributed by atoms with van der Waals surface area (Å²) in [7, 11) is 5.82. The molecule has 0 radical (unpaired) electrons. The van der Waals surface area contributed by atoms with Crippen LogP contribution in [0.4, 0.5) is 5.82 Å². The van der Waals surface area contributed by atoms with Gasteiger partial charge in [-0.15, -0.1) is 0 Å². The molecule has 0 saturated carbocycles. The van der Waals surface area contributed by atoms with E-state index in [1.807, 2.05) is 18.2 Å². The first-order valence-corrected chi connectivity index (χ1v) is 9.57. The van der Waals surface area contributed by atoms with Gasteiger partial charge in [0, 0.05) is 18.8 Å². The number of hydrogen-bond acceptors (Lipinski definition) is 5. The lowest BCUT2D eigenvalue weighted by Gasteiger charge is -2.09. The number of ether oxygens (including phenoxy) is 1. The van der Waals surface area contributed by atoms with Gasteiger partial charge in [0.25, 0.3) is 0 Å². The van der Waals surface area contributed by atoms with Crippen LogP contribution in [0, 0.1) is 0 Å². The molecule has 6 nitrogen and oxygen atoms in total. The Morgan fingerprint density at radius 1 is 1.00 bits per heavy atom. The van der Waals surface area contributed by atoms with E-state index in [9.17, 15) is 0 Å². The Morgan fingerprint density at radius 3 is 2.59 bits per heavy atom. The number of nitrogens with one attached hydrogen (secondary N) is 2. The van der Waals surface area contributed by atoms with Gasteiger partial charge in [0.05, 0.1) is 12.5 Å². The van der Waals surface area contributed by atoms with Gasteiger partial charge in [0.1, 0.15) is 23.5 Å². The molecule has 0 amide bonds. The fourth-order valence-corrected chi connectivity index (χ4v) is 3.36. The second-order valence-corrected chi connectivity index (χ2v) is 7.31. The minimum atomic E-state index is 0.656. The van der Waals surface area contributed by atoms with Gasteiger partial charge in [-0.3, -0.25) is 0 Å². The first-order valence-electron chi connectivity index (χ1n) is 9.57. The van der Waals surface area contributed by atoms with Crippen molar-refractivity contribution in [2.24, 2.45) is 0 Å². The predicted octanol–water partition coefficient (Wildman–Crippen LogP) is 4.31. The van der Waals surface area contributed by atoms with Crippen LogP contribution >= 0.6 is 0 Å². The number of rotatable bonds is 7. The summed E-state index contributed by atoms with van der Waals surface area (Å²) >= 11 is 0. The number of H-pyrrole nitrogens is 1. The third kappa shape index (κ3) is 4.38. The molecule has 2 aromatic heterocycles. The summed E-state index contributed by atoms with van der Waals surface area (Å²) < 4.78 is 5.30. The van der Waals surface area contributed by atoms with Gasteiger partial charge < -0.3 is 19.9 Å². The summed E-state index contributed by atoms with van der Waals surface area (Å²) in [6.07, 6.45) is 1.58. The maximum Gasteiger partial charge on any atom is 0.143 e. The van der Waals surface area contributed by atoms with E-state index in [2.05, 4.69) is 75.7 Å². The highest BCUT2D eigenvalue weighted by Gasteiger charge is 2.10. The van der Waals surface area contributed by atoms with Crippen LogP contribution in [0.5, 0.6) is 5.75 Å². The number of anilines is 1. The largest absolute Gasteiger partial charge is 0.497 e. The van der Waals surface area contributed by atoms with Gasteiger partial charge in [0.15, 0.2) is 0 Å². The van der Waals surface area contributed by atoms with E-state index in [0.717, 1.165) is 46.0 Å². The van der Waals surface area contributed by atoms with Crippen LogP contribution in [0.3, 0.4) is 0 Å². The SMILES string of the molecule is COc1cccc(CNc2ncnc3[nH]c(-c4ccc(CN(C)C)cc4)cc23)c1. The topological polar surface area (TPSA) is 66.1 Å². The zero-order chi connectivity index (χ0) is 20.2. The summed E-state index contributed by atoms with van der Waals surface area (Å²) in [5, 5.41) is 4.39. The maximum absolute atomic E-state index is 5.30. The second kappa shape index (κ2) is 8.32. The predicted molar refractivity (Wildman–Crippen MR) is 117 cm³/mol. The van der Waals surface area contributed by atoms with Crippen molar-refractivity contribution < 1.29 is 4.74 Å². The molecule has 0 spiro atoms. The van der Waals surface area contributed by atoms with E-state index in [1.165, 1.54) is 5.56 Å². The average Bonchev–Trinajstić information content (AvgIpc) is 3.17. The Bertz CT molecular complexity index is 1100. The molecule has 2 aromatic carbocycles. The highest BCUT2D eigenvalue weighted by Crippen LogP contribution is 2.27. The maximum atomic E-state index is 5.30. The van der Waals surface area contributed by atoms with Crippen LogP contribution in [0.15, 0.2) is 60.9 Å².